The first-order chi connectivity index (χ1) is 6.74. The fourth-order valence-corrected chi connectivity index (χ4v) is 1.89. The molecule has 0 bridgehead atoms. The van der Waals surface area contributed by atoms with Gasteiger partial charge in [-0.15, -0.1) is 0 Å². The summed E-state index contributed by atoms with van der Waals surface area (Å²) in [4.78, 5) is 2.38. The Morgan fingerprint density at radius 3 is 2.29 bits per heavy atom. The van der Waals surface area contributed by atoms with E-state index in [1.54, 1.807) is 0 Å². The first-order valence-electron chi connectivity index (χ1n) is 5.52. The predicted octanol–water partition coefficient (Wildman–Crippen LogP) is 0.686. The van der Waals surface area contributed by atoms with E-state index in [0.717, 1.165) is 44.2 Å². The maximum atomic E-state index is 11.1. The SMILES string of the molecule is CCN(CC)CCNCCS(=O)CC. The summed E-state index contributed by atoms with van der Waals surface area (Å²) < 4.78 is 11.1. The van der Waals surface area contributed by atoms with Crippen molar-refractivity contribution in [3.63, 3.8) is 0 Å². The molecule has 0 amide bonds. The van der Waals surface area contributed by atoms with Crippen LogP contribution in [0.2, 0.25) is 0 Å². The Balaban J connectivity index is 3.24. The third kappa shape index (κ3) is 7.47. The standard InChI is InChI=1S/C10H24N2OS/c1-4-12(5-2)9-7-11-8-10-14(13)6-3/h11H,4-10H2,1-3H3. The quantitative estimate of drug-likeness (QED) is 0.580. The summed E-state index contributed by atoms with van der Waals surface area (Å²) in [6, 6.07) is 0. The first kappa shape index (κ1) is 14.1. The number of rotatable bonds is 9. The Labute approximate surface area is 90.7 Å². The van der Waals surface area contributed by atoms with E-state index in [9.17, 15) is 4.21 Å². The van der Waals surface area contributed by atoms with Crippen LogP contribution in [0.4, 0.5) is 0 Å². The molecule has 0 aromatic heterocycles. The minimum absolute atomic E-state index is 0.621. The second-order valence-electron chi connectivity index (χ2n) is 3.21. The zero-order valence-electron chi connectivity index (χ0n) is 9.71. The van der Waals surface area contributed by atoms with E-state index in [1.807, 2.05) is 6.92 Å². The highest BCUT2D eigenvalue weighted by Crippen LogP contribution is 1.84. The second-order valence-corrected chi connectivity index (χ2v) is 5.07. The summed E-state index contributed by atoms with van der Waals surface area (Å²) in [6.45, 7) is 11.5. The van der Waals surface area contributed by atoms with Crippen LogP contribution in [-0.4, -0.2) is 53.3 Å². The second kappa shape index (κ2) is 9.62. The van der Waals surface area contributed by atoms with E-state index in [2.05, 4.69) is 24.1 Å². The molecular weight excluding hydrogens is 196 g/mol. The van der Waals surface area contributed by atoms with Crippen LogP contribution in [0.25, 0.3) is 0 Å². The van der Waals surface area contributed by atoms with Gasteiger partial charge < -0.3 is 10.2 Å². The average molecular weight is 220 g/mol. The van der Waals surface area contributed by atoms with Gasteiger partial charge in [-0.2, -0.15) is 0 Å². The lowest BCUT2D eigenvalue weighted by atomic mass is 10.4. The molecule has 0 rings (SSSR count). The Kier molecular flexibility index (Phi) is 9.67. The fourth-order valence-electron chi connectivity index (χ4n) is 1.23. The van der Waals surface area contributed by atoms with Crippen molar-refractivity contribution < 1.29 is 4.21 Å². The molecule has 1 unspecified atom stereocenters. The van der Waals surface area contributed by atoms with Crippen molar-refractivity contribution in [2.75, 3.05) is 44.2 Å². The Hall–Kier alpha value is 0.0700. The molecule has 86 valence electrons. The van der Waals surface area contributed by atoms with Crippen molar-refractivity contribution in [3.05, 3.63) is 0 Å². The van der Waals surface area contributed by atoms with Gasteiger partial charge in [-0.25, -0.2) is 0 Å². The van der Waals surface area contributed by atoms with E-state index >= 15 is 0 Å². The maximum absolute atomic E-state index is 11.1. The summed E-state index contributed by atoms with van der Waals surface area (Å²) in [5.41, 5.74) is 0. The van der Waals surface area contributed by atoms with Gasteiger partial charge in [0, 0.05) is 41.9 Å². The smallest absolute Gasteiger partial charge is 0.0359 e. The van der Waals surface area contributed by atoms with E-state index in [-0.39, 0.29) is 0 Å². The average Bonchev–Trinajstić information content (AvgIpc) is 2.23. The molecule has 0 aliphatic heterocycles. The lowest BCUT2D eigenvalue weighted by molar-refractivity contribution is 0.303. The highest BCUT2D eigenvalue weighted by Gasteiger charge is 1.98. The summed E-state index contributed by atoms with van der Waals surface area (Å²) in [7, 11) is -0.621. The largest absolute Gasteiger partial charge is 0.315 e. The van der Waals surface area contributed by atoms with Crippen molar-refractivity contribution in [1.29, 1.82) is 0 Å². The summed E-state index contributed by atoms with van der Waals surface area (Å²) in [5.74, 6) is 1.56. The van der Waals surface area contributed by atoms with Gasteiger partial charge >= 0.3 is 0 Å². The van der Waals surface area contributed by atoms with Crippen LogP contribution in [0.3, 0.4) is 0 Å². The normalized spacial score (nSPS) is 13.4. The zero-order valence-corrected chi connectivity index (χ0v) is 10.5. The van der Waals surface area contributed by atoms with Gasteiger partial charge in [-0.1, -0.05) is 20.8 Å². The monoisotopic (exact) mass is 220 g/mol. The molecule has 0 saturated heterocycles. The molecule has 0 aliphatic carbocycles. The van der Waals surface area contributed by atoms with Gasteiger partial charge in [0.2, 0.25) is 0 Å². The van der Waals surface area contributed by atoms with Gasteiger partial charge in [-0.3, -0.25) is 4.21 Å². The lowest BCUT2D eigenvalue weighted by Crippen LogP contribution is -2.33. The van der Waals surface area contributed by atoms with Crippen LogP contribution in [0.15, 0.2) is 0 Å². The van der Waals surface area contributed by atoms with Crippen molar-refractivity contribution >= 4 is 10.8 Å². The summed E-state index contributed by atoms with van der Waals surface area (Å²) in [5, 5.41) is 3.32. The van der Waals surface area contributed by atoms with Gasteiger partial charge in [0.15, 0.2) is 0 Å². The fraction of sp³-hybridized carbons (Fsp3) is 1.00. The minimum Gasteiger partial charge on any atom is -0.315 e. The molecule has 1 N–H and O–H groups in total. The molecule has 0 aromatic rings. The van der Waals surface area contributed by atoms with E-state index in [1.165, 1.54) is 0 Å². The van der Waals surface area contributed by atoms with E-state index in [0.29, 0.717) is 0 Å². The molecule has 1 atom stereocenters. The molecule has 0 spiro atoms. The Bertz CT molecular complexity index is 149. The van der Waals surface area contributed by atoms with Crippen LogP contribution >= 0.6 is 0 Å². The summed E-state index contributed by atoms with van der Waals surface area (Å²) in [6.07, 6.45) is 0. The van der Waals surface area contributed by atoms with Crippen LogP contribution in [0.1, 0.15) is 20.8 Å². The highest BCUT2D eigenvalue weighted by molar-refractivity contribution is 7.84. The van der Waals surface area contributed by atoms with Crippen LogP contribution in [0, 0.1) is 0 Å². The maximum Gasteiger partial charge on any atom is 0.0359 e. The van der Waals surface area contributed by atoms with Crippen molar-refractivity contribution in [1.82, 2.24) is 10.2 Å². The van der Waals surface area contributed by atoms with Gasteiger partial charge in [0.1, 0.15) is 0 Å². The summed E-state index contributed by atoms with van der Waals surface area (Å²) >= 11 is 0. The molecule has 4 heteroatoms. The molecule has 0 radical (unpaired) electrons. The number of nitrogens with one attached hydrogen (secondary N) is 1. The van der Waals surface area contributed by atoms with Crippen LogP contribution in [0.5, 0.6) is 0 Å². The van der Waals surface area contributed by atoms with E-state index in [4.69, 9.17) is 0 Å². The highest BCUT2D eigenvalue weighted by atomic mass is 32.2. The van der Waals surface area contributed by atoms with E-state index < -0.39 is 10.8 Å². The lowest BCUT2D eigenvalue weighted by Gasteiger charge is -2.17. The molecule has 3 nitrogen and oxygen atoms in total. The third-order valence-electron chi connectivity index (χ3n) is 2.33. The van der Waals surface area contributed by atoms with Crippen LogP contribution in [-0.2, 0) is 10.8 Å². The molecule has 0 fully saturated rings. The number of hydrogen-bond acceptors (Lipinski definition) is 3. The first-order valence-corrected chi connectivity index (χ1v) is 7.01. The van der Waals surface area contributed by atoms with Gasteiger partial charge in [0.05, 0.1) is 0 Å². The topological polar surface area (TPSA) is 32.3 Å². The van der Waals surface area contributed by atoms with Crippen molar-refractivity contribution in [2.45, 2.75) is 20.8 Å². The number of nitrogens with zero attached hydrogens (tertiary/aromatic N) is 1. The molecular formula is C10H24N2OS. The van der Waals surface area contributed by atoms with Crippen molar-refractivity contribution in [3.8, 4) is 0 Å². The zero-order chi connectivity index (χ0) is 10.8. The van der Waals surface area contributed by atoms with Gasteiger partial charge in [-0.05, 0) is 13.1 Å². The minimum atomic E-state index is -0.621. The third-order valence-corrected chi connectivity index (χ3v) is 3.63. The predicted molar refractivity (Wildman–Crippen MR) is 64.2 cm³/mol. The molecule has 0 saturated carbocycles. The molecule has 14 heavy (non-hydrogen) atoms. The molecule has 0 aliphatic rings. The Morgan fingerprint density at radius 1 is 1.14 bits per heavy atom. The number of hydrogen-bond donors (Lipinski definition) is 1. The van der Waals surface area contributed by atoms with Gasteiger partial charge in [0.25, 0.3) is 0 Å². The molecule has 0 heterocycles. The Morgan fingerprint density at radius 2 is 1.79 bits per heavy atom. The molecule has 0 aromatic carbocycles. The van der Waals surface area contributed by atoms with Crippen molar-refractivity contribution in [2.24, 2.45) is 0 Å². The van der Waals surface area contributed by atoms with Crippen LogP contribution < -0.4 is 5.32 Å². The number of likely N-dealkylation sites (N-methyl/N-ethyl adjacent to an activating group) is 1.